The van der Waals surface area contributed by atoms with Gasteiger partial charge in [-0.25, -0.2) is 8.42 Å². The smallest absolute Gasteiger partial charge is 0.423 e. The Morgan fingerprint density at radius 1 is 1.36 bits per heavy atom. The number of hydrogen-bond donors (Lipinski definition) is 3. The van der Waals surface area contributed by atoms with Gasteiger partial charge in [0.25, 0.3) is 0 Å². The molecule has 0 saturated heterocycles. The molecule has 0 atom stereocenters. The Morgan fingerprint density at radius 3 is 2.29 bits per heavy atom. The van der Waals surface area contributed by atoms with Crippen LogP contribution in [0.3, 0.4) is 0 Å². The fourth-order valence-corrected chi connectivity index (χ4v) is 1.87. The number of sulfone groups is 1. The van der Waals surface area contributed by atoms with Crippen molar-refractivity contribution in [2.24, 2.45) is 0 Å². The lowest BCUT2D eigenvalue weighted by atomic mass is 9.80. The van der Waals surface area contributed by atoms with Gasteiger partial charge < -0.3 is 15.8 Å². The molecule has 0 radical (unpaired) electrons. The summed E-state index contributed by atoms with van der Waals surface area (Å²) in [6.45, 7) is 0. The number of nitrogens with two attached hydrogens (primary N) is 1. The molecular formula is C7H10BNO4S. The first-order chi connectivity index (χ1) is 6.32. The highest BCUT2D eigenvalue weighted by Gasteiger charge is 2.16. The minimum Gasteiger partial charge on any atom is -0.423 e. The highest BCUT2D eigenvalue weighted by Crippen LogP contribution is 2.15. The van der Waals surface area contributed by atoms with Crippen molar-refractivity contribution in [3.63, 3.8) is 0 Å². The molecule has 5 nitrogen and oxygen atoms in total. The number of rotatable bonds is 2. The molecular weight excluding hydrogens is 205 g/mol. The van der Waals surface area contributed by atoms with E-state index < -0.39 is 17.0 Å². The van der Waals surface area contributed by atoms with Crippen LogP contribution in [-0.2, 0) is 9.84 Å². The molecule has 0 unspecified atom stereocenters. The summed E-state index contributed by atoms with van der Waals surface area (Å²) in [7, 11) is -5.01. The summed E-state index contributed by atoms with van der Waals surface area (Å²) in [4.78, 5) is -0.0121. The Bertz CT molecular complexity index is 443. The molecule has 14 heavy (non-hydrogen) atoms. The normalized spacial score (nSPS) is 11.4. The van der Waals surface area contributed by atoms with Gasteiger partial charge >= 0.3 is 7.12 Å². The summed E-state index contributed by atoms with van der Waals surface area (Å²) in [5.74, 6) is 0. The van der Waals surface area contributed by atoms with Gasteiger partial charge in [-0.3, -0.25) is 0 Å². The molecule has 0 aromatic heterocycles. The number of anilines is 1. The highest BCUT2D eigenvalue weighted by molar-refractivity contribution is 7.90. The third-order valence-corrected chi connectivity index (χ3v) is 2.90. The first-order valence-electron chi connectivity index (χ1n) is 3.78. The molecule has 7 heteroatoms. The van der Waals surface area contributed by atoms with Crippen molar-refractivity contribution >= 4 is 28.1 Å². The average Bonchev–Trinajstić information content (AvgIpc) is 2.01. The molecule has 0 saturated carbocycles. The zero-order valence-electron chi connectivity index (χ0n) is 7.51. The van der Waals surface area contributed by atoms with Crippen LogP contribution >= 0.6 is 0 Å². The summed E-state index contributed by atoms with van der Waals surface area (Å²) in [6.07, 6.45) is 1.04. The standard InChI is InChI=1S/C7H10BNO4S/c1-14(12,13)7-3-2-5(8(10)11)4-6(7)9/h2-4,10-11H,9H2,1H3. The topological polar surface area (TPSA) is 101 Å². The number of hydrogen-bond acceptors (Lipinski definition) is 5. The molecule has 1 aromatic carbocycles. The maximum Gasteiger partial charge on any atom is 0.488 e. The van der Waals surface area contributed by atoms with E-state index in [1.165, 1.54) is 18.2 Å². The minimum absolute atomic E-state index is 0.0121. The number of benzene rings is 1. The zero-order chi connectivity index (χ0) is 10.9. The van der Waals surface area contributed by atoms with Crippen molar-refractivity contribution in [3.8, 4) is 0 Å². The fourth-order valence-electron chi connectivity index (χ4n) is 1.07. The lowest BCUT2D eigenvalue weighted by Gasteiger charge is -2.05. The van der Waals surface area contributed by atoms with E-state index in [2.05, 4.69) is 0 Å². The van der Waals surface area contributed by atoms with Gasteiger partial charge in [0.05, 0.1) is 4.90 Å². The van der Waals surface area contributed by atoms with Crippen LogP contribution in [0.5, 0.6) is 0 Å². The Labute approximate surface area is 82.2 Å². The van der Waals surface area contributed by atoms with E-state index in [1.807, 2.05) is 0 Å². The number of nitrogen functional groups attached to an aromatic ring is 1. The molecule has 0 heterocycles. The predicted octanol–water partition coefficient (Wildman–Crippen LogP) is -1.65. The summed E-state index contributed by atoms with van der Waals surface area (Å²) < 4.78 is 22.3. The van der Waals surface area contributed by atoms with Crippen molar-refractivity contribution in [2.75, 3.05) is 12.0 Å². The van der Waals surface area contributed by atoms with Crippen molar-refractivity contribution in [1.82, 2.24) is 0 Å². The zero-order valence-corrected chi connectivity index (χ0v) is 8.32. The van der Waals surface area contributed by atoms with E-state index in [0.717, 1.165) is 6.26 Å². The first-order valence-corrected chi connectivity index (χ1v) is 5.67. The summed E-state index contributed by atoms with van der Waals surface area (Å²) in [5.41, 5.74) is 5.62. The Kier molecular flexibility index (Phi) is 2.84. The van der Waals surface area contributed by atoms with Gasteiger partial charge in [-0.2, -0.15) is 0 Å². The first kappa shape index (κ1) is 11.0. The van der Waals surface area contributed by atoms with Crippen LogP contribution in [0.15, 0.2) is 23.1 Å². The third-order valence-electron chi connectivity index (χ3n) is 1.73. The minimum atomic E-state index is -3.36. The van der Waals surface area contributed by atoms with Gasteiger partial charge in [-0.15, -0.1) is 0 Å². The van der Waals surface area contributed by atoms with Gasteiger partial charge in [0, 0.05) is 11.9 Å². The molecule has 0 aliphatic carbocycles. The average molecular weight is 215 g/mol. The second-order valence-corrected chi connectivity index (χ2v) is 4.93. The largest absolute Gasteiger partial charge is 0.488 e. The van der Waals surface area contributed by atoms with Crippen LogP contribution in [0.1, 0.15) is 0 Å². The van der Waals surface area contributed by atoms with Gasteiger partial charge in [0.2, 0.25) is 0 Å². The van der Waals surface area contributed by atoms with E-state index >= 15 is 0 Å². The second-order valence-electron chi connectivity index (χ2n) is 2.94. The van der Waals surface area contributed by atoms with E-state index in [1.54, 1.807) is 0 Å². The summed E-state index contributed by atoms with van der Waals surface area (Å²) in [5, 5.41) is 17.6. The summed E-state index contributed by atoms with van der Waals surface area (Å²) >= 11 is 0. The third kappa shape index (κ3) is 2.25. The maximum atomic E-state index is 11.1. The van der Waals surface area contributed by atoms with Crippen molar-refractivity contribution in [3.05, 3.63) is 18.2 Å². The Balaban J connectivity index is 3.28. The summed E-state index contributed by atoms with van der Waals surface area (Å²) in [6, 6.07) is 3.78. The monoisotopic (exact) mass is 215 g/mol. The van der Waals surface area contributed by atoms with E-state index in [-0.39, 0.29) is 16.0 Å². The maximum absolute atomic E-state index is 11.1. The highest BCUT2D eigenvalue weighted by atomic mass is 32.2. The molecule has 0 spiro atoms. The van der Waals surface area contributed by atoms with Crippen molar-refractivity contribution in [2.45, 2.75) is 4.90 Å². The van der Waals surface area contributed by atoms with Crippen LogP contribution in [0, 0.1) is 0 Å². The SMILES string of the molecule is CS(=O)(=O)c1ccc(B(O)O)cc1N. The van der Waals surface area contributed by atoms with Gasteiger partial charge in [-0.05, 0) is 17.6 Å². The van der Waals surface area contributed by atoms with Gasteiger partial charge in [-0.1, -0.05) is 6.07 Å². The van der Waals surface area contributed by atoms with E-state index in [0.29, 0.717) is 0 Å². The fraction of sp³-hybridized carbons (Fsp3) is 0.143. The van der Waals surface area contributed by atoms with Crippen LogP contribution in [0.4, 0.5) is 5.69 Å². The van der Waals surface area contributed by atoms with Gasteiger partial charge in [0.1, 0.15) is 0 Å². The lowest BCUT2D eigenvalue weighted by molar-refractivity contribution is 0.425. The lowest BCUT2D eigenvalue weighted by Crippen LogP contribution is -2.30. The molecule has 1 aromatic rings. The van der Waals surface area contributed by atoms with Crippen LogP contribution in [-0.4, -0.2) is 31.8 Å². The van der Waals surface area contributed by atoms with Crippen molar-refractivity contribution < 1.29 is 18.5 Å². The molecule has 4 N–H and O–H groups in total. The molecule has 76 valence electrons. The molecule has 0 amide bonds. The predicted molar refractivity (Wildman–Crippen MR) is 53.8 cm³/mol. The van der Waals surface area contributed by atoms with Crippen LogP contribution < -0.4 is 11.2 Å². The van der Waals surface area contributed by atoms with E-state index in [9.17, 15) is 8.42 Å². The molecule has 0 bridgehead atoms. The molecule has 0 aliphatic rings. The second kappa shape index (κ2) is 3.60. The molecule has 0 fully saturated rings. The van der Waals surface area contributed by atoms with Crippen molar-refractivity contribution in [1.29, 1.82) is 0 Å². The molecule has 0 aliphatic heterocycles. The molecule has 1 rings (SSSR count). The Hall–Kier alpha value is -1.05. The van der Waals surface area contributed by atoms with Crippen LogP contribution in [0.2, 0.25) is 0 Å². The Morgan fingerprint density at radius 2 is 1.93 bits per heavy atom. The van der Waals surface area contributed by atoms with Crippen LogP contribution in [0.25, 0.3) is 0 Å². The van der Waals surface area contributed by atoms with Gasteiger partial charge in [0.15, 0.2) is 9.84 Å². The van der Waals surface area contributed by atoms with E-state index in [4.69, 9.17) is 15.8 Å². The quantitative estimate of drug-likeness (QED) is 0.405.